The van der Waals surface area contributed by atoms with Gasteiger partial charge in [0.15, 0.2) is 0 Å². The number of alkyl carbamates (subject to hydrolysis) is 1. The fraction of sp³-hybridized carbons (Fsp3) is 0.750. The van der Waals surface area contributed by atoms with Gasteiger partial charge >= 0.3 is 6.09 Å². The number of hydrogen-bond donors (Lipinski definition) is 2. The van der Waals surface area contributed by atoms with E-state index in [-0.39, 0.29) is 29.5 Å². The first-order valence-electron chi connectivity index (χ1n) is 4.46. The van der Waals surface area contributed by atoms with Crippen molar-refractivity contribution in [2.24, 2.45) is 0 Å². The van der Waals surface area contributed by atoms with Gasteiger partial charge in [-0.05, 0) is 0 Å². The van der Waals surface area contributed by atoms with Crippen LogP contribution in [0, 0.1) is 0 Å². The van der Waals surface area contributed by atoms with Gasteiger partial charge in [0.2, 0.25) is 5.91 Å². The number of amides is 2. The van der Waals surface area contributed by atoms with Crippen molar-refractivity contribution >= 4 is 23.6 Å². The average molecular weight is 219 g/mol. The number of nitrogens with one attached hydrogen (secondary N) is 2. The molecule has 1 aliphatic carbocycles. The Kier molecular flexibility index (Phi) is 2.26. The first-order valence-corrected chi connectivity index (χ1v) is 4.99. The molecule has 0 radical (unpaired) electrons. The molecule has 1 heterocycles. The topological polar surface area (TPSA) is 67.4 Å². The molecule has 0 bridgehead atoms. The van der Waals surface area contributed by atoms with Crippen LogP contribution in [-0.2, 0) is 9.53 Å². The van der Waals surface area contributed by atoms with Gasteiger partial charge in [0.05, 0.1) is 6.54 Å². The molecule has 0 atom stereocenters. The summed E-state index contributed by atoms with van der Waals surface area (Å²) in [4.78, 5) is 21.7. The van der Waals surface area contributed by atoms with Crippen LogP contribution in [0.4, 0.5) is 4.79 Å². The Bertz CT molecular complexity index is 276. The second-order valence-electron chi connectivity index (χ2n) is 3.73. The third-order valence-corrected chi connectivity index (χ3v) is 2.83. The van der Waals surface area contributed by atoms with Gasteiger partial charge < -0.3 is 15.4 Å². The second-order valence-corrected chi connectivity index (χ2v) is 4.00. The van der Waals surface area contributed by atoms with Crippen molar-refractivity contribution in [3.63, 3.8) is 0 Å². The number of alkyl halides is 1. The highest BCUT2D eigenvalue weighted by atomic mass is 35.5. The molecule has 5 nitrogen and oxygen atoms in total. The maximum atomic E-state index is 10.9. The highest BCUT2D eigenvalue weighted by Gasteiger charge is 2.51. The van der Waals surface area contributed by atoms with Gasteiger partial charge in [-0.2, -0.15) is 0 Å². The normalized spacial score (nSPS) is 34.6. The molecule has 2 fully saturated rings. The first kappa shape index (κ1) is 9.58. The lowest BCUT2D eigenvalue weighted by Crippen LogP contribution is -2.57. The Balaban J connectivity index is 1.79. The van der Waals surface area contributed by atoms with Gasteiger partial charge in [-0.1, -0.05) is 0 Å². The van der Waals surface area contributed by atoms with E-state index in [1.807, 2.05) is 0 Å². The largest absolute Gasteiger partial charge is 0.441 e. The standard InChI is InChI=1S/C8H11ClN2O3/c9-3-6(12)11-5-1-8(2-5)4-10-7(13)14-8/h5H,1-4H2,(H,10,13)(H,11,12). The number of hydrogen-bond acceptors (Lipinski definition) is 3. The molecular formula is C8H11ClN2O3. The molecule has 14 heavy (non-hydrogen) atoms. The van der Waals surface area contributed by atoms with E-state index >= 15 is 0 Å². The van der Waals surface area contributed by atoms with E-state index in [2.05, 4.69) is 10.6 Å². The molecule has 1 spiro atoms. The van der Waals surface area contributed by atoms with Crippen LogP contribution in [0.5, 0.6) is 0 Å². The Labute approximate surface area is 86.1 Å². The Morgan fingerprint density at radius 3 is 2.93 bits per heavy atom. The van der Waals surface area contributed by atoms with Gasteiger partial charge in [0.1, 0.15) is 11.5 Å². The van der Waals surface area contributed by atoms with Crippen LogP contribution >= 0.6 is 11.6 Å². The first-order chi connectivity index (χ1) is 6.63. The monoisotopic (exact) mass is 218 g/mol. The van der Waals surface area contributed by atoms with E-state index in [0.29, 0.717) is 19.4 Å². The molecule has 0 aromatic rings. The van der Waals surface area contributed by atoms with Crippen LogP contribution in [0.3, 0.4) is 0 Å². The zero-order valence-electron chi connectivity index (χ0n) is 7.51. The predicted molar refractivity (Wildman–Crippen MR) is 49.1 cm³/mol. The highest BCUT2D eigenvalue weighted by Crippen LogP contribution is 2.37. The molecular weight excluding hydrogens is 208 g/mol. The summed E-state index contributed by atoms with van der Waals surface area (Å²) < 4.78 is 5.10. The third-order valence-electron chi connectivity index (χ3n) is 2.59. The lowest BCUT2D eigenvalue weighted by molar-refractivity contribution is -0.122. The maximum Gasteiger partial charge on any atom is 0.407 e. The predicted octanol–water partition coefficient (Wildman–Crippen LogP) is -0.0176. The summed E-state index contributed by atoms with van der Waals surface area (Å²) in [5, 5.41) is 5.34. The fourth-order valence-electron chi connectivity index (χ4n) is 1.94. The zero-order chi connectivity index (χ0) is 10.2. The minimum atomic E-state index is -0.374. The summed E-state index contributed by atoms with van der Waals surface area (Å²) >= 11 is 5.34. The van der Waals surface area contributed by atoms with Crippen molar-refractivity contribution in [2.75, 3.05) is 12.4 Å². The molecule has 2 amide bonds. The molecule has 0 aromatic carbocycles. The van der Waals surface area contributed by atoms with Crippen molar-refractivity contribution in [1.29, 1.82) is 0 Å². The van der Waals surface area contributed by atoms with Gasteiger partial charge in [-0.3, -0.25) is 4.79 Å². The SMILES string of the molecule is O=C(CCl)NC1CC2(CNC(=O)O2)C1. The summed E-state index contributed by atoms with van der Waals surface area (Å²) in [6.07, 6.45) is 0.982. The van der Waals surface area contributed by atoms with Gasteiger partial charge in [-0.15, -0.1) is 11.6 Å². The second kappa shape index (κ2) is 3.31. The molecule has 2 aliphatic rings. The Hall–Kier alpha value is -0.970. The number of halogens is 1. The van der Waals surface area contributed by atoms with Crippen molar-refractivity contribution in [3.8, 4) is 0 Å². The lowest BCUT2D eigenvalue weighted by atomic mass is 9.76. The molecule has 1 saturated heterocycles. The van der Waals surface area contributed by atoms with E-state index in [9.17, 15) is 9.59 Å². The molecule has 0 aromatic heterocycles. The number of carbonyl (C=O) groups is 2. The summed E-state index contributed by atoms with van der Waals surface area (Å²) in [7, 11) is 0. The Morgan fingerprint density at radius 1 is 1.71 bits per heavy atom. The molecule has 2 rings (SSSR count). The van der Waals surface area contributed by atoms with Crippen LogP contribution in [0.25, 0.3) is 0 Å². The molecule has 78 valence electrons. The van der Waals surface area contributed by atoms with Crippen LogP contribution in [0.2, 0.25) is 0 Å². The average Bonchev–Trinajstić information content (AvgIpc) is 2.46. The van der Waals surface area contributed by atoms with Crippen molar-refractivity contribution in [3.05, 3.63) is 0 Å². The highest BCUT2D eigenvalue weighted by molar-refractivity contribution is 6.27. The Morgan fingerprint density at radius 2 is 2.43 bits per heavy atom. The summed E-state index contributed by atoms with van der Waals surface area (Å²) in [6.45, 7) is 0.541. The number of carbonyl (C=O) groups excluding carboxylic acids is 2. The molecule has 6 heteroatoms. The van der Waals surface area contributed by atoms with E-state index < -0.39 is 0 Å². The minimum Gasteiger partial charge on any atom is -0.441 e. The van der Waals surface area contributed by atoms with Crippen LogP contribution in [-0.4, -0.2) is 36.1 Å². The quantitative estimate of drug-likeness (QED) is 0.641. The zero-order valence-corrected chi connectivity index (χ0v) is 8.26. The van der Waals surface area contributed by atoms with Gasteiger partial charge in [0.25, 0.3) is 0 Å². The van der Waals surface area contributed by atoms with E-state index in [0.717, 1.165) is 0 Å². The maximum absolute atomic E-state index is 10.9. The molecule has 1 aliphatic heterocycles. The van der Waals surface area contributed by atoms with Crippen molar-refractivity contribution in [1.82, 2.24) is 10.6 Å². The lowest BCUT2D eigenvalue weighted by Gasteiger charge is -2.42. The number of rotatable bonds is 2. The van der Waals surface area contributed by atoms with Crippen LogP contribution in [0.15, 0.2) is 0 Å². The minimum absolute atomic E-state index is 0.0263. The third kappa shape index (κ3) is 1.64. The molecule has 1 saturated carbocycles. The van der Waals surface area contributed by atoms with Crippen LogP contribution in [0.1, 0.15) is 12.8 Å². The fourth-order valence-corrected chi connectivity index (χ4v) is 2.01. The van der Waals surface area contributed by atoms with Gasteiger partial charge in [0, 0.05) is 18.9 Å². The van der Waals surface area contributed by atoms with E-state index in [1.54, 1.807) is 0 Å². The summed E-state index contributed by atoms with van der Waals surface area (Å²) in [5.74, 6) is -0.203. The molecule has 2 N–H and O–H groups in total. The van der Waals surface area contributed by atoms with Crippen molar-refractivity contribution < 1.29 is 14.3 Å². The van der Waals surface area contributed by atoms with E-state index in [4.69, 9.17) is 16.3 Å². The molecule has 0 unspecified atom stereocenters. The van der Waals surface area contributed by atoms with E-state index in [1.165, 1.54) is 0 Å². The smallest absolute Gasteiger partial charge is 0.407 e. The van der Waals surface area contributed by atoms with Crippen LogP contribution < -0.4 is 10.6 Å². The van der Waals surface area contributed by atoms with Gasteiger partial charge in [-0.25, -0.2) is 4.79 Å². The number of ether oxygens (including phenoxy) is 1. The summed E-state index contributed by atoms with van der Waals surface area (Å²) in [6, 6.07) is 0.0916. The van der Waals surface area contributed by atoms with Crippen molar-refractivity contribution in [2.45, 2.75) is 24.5 Å². The summed E-state index contributed by atoms with van der Waals surface area (Å²) in [5.41, 5.74) is -0.374.